The highest BCUT2D eigenvalue weighted by Crippen LogP contribution is 2.43. The molecule has 29 heavy (non-hydrogen) atoms. The summed E-state index contributed by atoms with van der Waals surface area (Å²) in [6, 6.07) is 10.6. The van der Waals surface area contributed by atoms with Gasteiger partial charge in [-0.25, -0.2) is 4.39 Å². The first-order valence-corrected chi connectivity index (χ1v) is 10.6. The van der Waals surface area contributed by atoms with Crippen LogP contribution in [-0.4, -0.2) is 30.2 Å². The molecule has 1 N–H and O–H groups in total. The highest BCUT2D eigenvalue weighted by molar-refractivity contribution is 5.90. The van der Waals surface area contributed by atoms with E-state index < -0.39 is 12.0 Å². The number of rotatable bonds is 4. The number of Topliss-reactive ketones (excluding diaryl/α,β-unsaturated/α-hetero) is 1. The van der Waals surface area contributed by atoms with Gasteiger partial charge in [0.05, 0.1) is 12.0 Å². The lowest BCUT2D eigenvalue weighted by molar-refractivity contribution is -0.119. The lowest BCUT2D eigenvalue weighted by Gasteiger charge is -2.27. The monoisotopic (exact) mass is 396 g/mol. The molecule has 1 aliphatic carbocycles. The zero-order valence-corrected chi connectivity index (χ0v) is 17.2. The van der Waals surface area contributed by atoms with Crippen molar-refractivity contribution in [3.63, 3.8) is 0 Å². The Labute approximate surface area is 171 Å². The van der Waals surface area contributed by atoms with Crippen LogP contribution in [0, 0.1) is 31.5 Å². The summed E-state index contributed by atoms with van der Waals surface area (Å²) in [6.07, 6.45) is 2.70. The van der Waals surface area contributed by atoms with E-state index in [1.54, 1.807) is 12.1 Å². The molecule has 0 spiro atoms. The van der Waals surface area contributed by atoms with Gasteiger partial charge in [0.25, 0.3) is 0 Å². The van der Waals surface area contributed by atoms with Gasteiger partial charge >= 0.3 is 0 Å². The minimum atomic E-state index is -0.651. The van der Waals surface area contributed by atoms with Crippen molar-refractivity contribution in [2.24, 2.45) is 11.8 Å². The van der Waals surface area contributed by atoms with Gasteiger partial charge in [-0.1, -0.05) is 30.3 Å². The van der Waals surface area contributed by atoms with Gasteiger partial charge < -0.3 is 9.84 Å². The SMILES string of the molecule is Cc1cc(-c2ccccc2F)cc(C)c1C1C(=O)CC(CC2CCOCC2)C1O. The number of carbonyl (C=O) groups is 1. The molecule has 3 nitrogen and oxygen atoms in total. The highest BCUT2D eigenvalue weighted by atomic mass is 19.1. The van der Waals surface area contributed by atoms with Crippen molar-refractivity contribution in [3.8, 4) is 11.1 Å². The Morgan fingerprint density at radius 2 is 1.76 bits per heavy atom. The molecule has 4 heteroatoms. The number of ketones is 1. The molecule has 2 aliphatic rings. The van der Waals surface area contributed by atoms with Gasteiger partial charge in [0.15, 0.2) is 0 Å². The minimum absolute atomic E-state index is 0.0145. The Hall–Kier alpha value is -2.04. The molecule has 0 radical (unpaired) electrons. The molecule has 1 saturated heterocycles. The second-order valence-electron chi connectivity index (χ2n) is 8.69. The third kappa shape index (κ3) is 4.01. The zero-order chi connectivity index (χ0) is 20.5. The number of halogens is 1. The van der Waals surface area contributed by atoms with E-state index in [9.17, 15) is 14.3 Å². The standard InChI is InChI=1S/C25H29FO3/c1-15-11-18(20-5-3-4-6-21(20)26)12-16(2)23(15)24-22(27)14-19(25(24)28)13-17-7-9-29-10-8-17/h3-6,11-12,17,19,24-25,28H,7-10,13-14H2,1-2H3. The van der Waals surface area contributed by atoms with Crippen LogP contribution < -0.4 is 0 Å². The molecule has 1 saturated carbocycles. The van der Waals surface area contributed by atoms with Crippen molar-refractivity contribution >= 4 is 5.78 Å². The average Bonchev–Trinajstić information content (AvgIpc) is 2.96. The molecule has 0 aromatic heterocycles. The maximum atomic E-state index is 14.2. The summed E-state index contributed by atoms with van der Waals surface area (Å²) in [5, 5.41) is 11.1. The summed E-state index contributed by atoms with van der Waals surface area (Å²) in [5.41, 5.74) is 4.15. The maximum absolute atomic E-state index is 14.2. The van der Waals surface area contributed by atoms with E-state index in [0.29, 0.717) is 17.9 Å². The molecule has 4 rings (SSSR count). The maximum Gasteiger partial charge on any atom is 0.143 e. The molecule has 2 fully saturated rings. The van der Waals surface area contributed by atoms with Crippen LogP contribution in [0.4, 0.5) is 4.39 Å². The van der Waals surface area contributed by atoms with Crippen molar-refractivity contribution in [1.29, 1.82) is 0 Å². The lowest BCUT2D eigenvalue weighted by Crippen LogP contribution is -2.26. The Morgan fingerprint density at radius 1 is 1.10 bits per heavy atom. The molecule has 3 atom stereocenters. The lowest BCUT2D eigenvalue weighted by atomic mass is 9.82. The summed E-state index contributed by atoms with van der Waals surface area (Å²) in [7, 11) is 0. The van der Waals surface area contributed by atoms with Gasteiger partial charge in [0, 0.05) is 25.2 Å². The second kappa shape index (κ2) is 8.37. The van der Waals surface area contributed by atoms with Gasteiger partial charge in [-0.2, -0.15) is 0 Å². The minimum Gasteiger partial charge on any atom is -0.392 e. The fourth-order valence-corrected chi connectivity index (χ4v) is 5.25. The predicted octanol–water partition coefficient (Wildman–Crippen LogP) is 4.96. The number of ether oxygens (including phenoxy) is 1. The van der Waals surface area contributed by atoms with Crippen LogP contribution in [0.1, 0.15) is 48.3 Å². The Kier molecular flexibility index (Phi) is 5.84. The number of aryl methyl sites for hydroxylation is 2. The molecule has 1 aliphatic heterocycles. The van der Waals surface area contributed by atoms with Crippen LogP contribution >= 0.6 is 0 Å². The van der Waals surface area contributed by atoms with Crippen molar-refractivity contribution in [3.05, 3.63) is 58.9 Å². The third-order valence-electron chi connectivity index (χ3n) is 6.70. The average molecular weight is 397 g/mol. The molecular formula is C25H29FO3. The smallest absolute Gasteiger partial charge is 0.143 e. The summed E-state index contributed by atoms with van der Waals surface area (Å²) in [5.74, 6) is -0.0670. The van der Waals surface area contributed by atoms with Crippen LogP contribution in [0.25, 0.3) is 11.1 Å². The first-order valence-electron chi connectivity index (χ1n) is 10.6. The van der Waals surface area contributed by atoms with Gasteiger partial charge in [0.1, 0.15) is 11.6 Å². The fourth-order valence-electron chi connectivity index (χ4n) is 5.25. The van der Waals surface area contributed by atoms with Crippen LogP contribution in [0.3, 0.4) is 0 Å². The first kappa shape index (κ1) is 20.2. The molecule has 2 aromatic rings. The summed E-state index contributed by atoms with van der Waals surface area (Å²) >= 11 is 0. The topological polar surface area (TPSA) is 46.5 Å². The number of benzene rings is 2. The van der Waals surface area contributed by atoms with Crippen LogP contribution in [-0.2, 0) is 9.53 Å². The van der Waals surface area contributed by atoms with E-state index in [-0.39, 0.29) is 17.5 Å². The van der Waals surface area contributed by atoms with Crippen molar-refractivity contribution < 1.29 is 19.0 Å². The number of hydrogen-bond acceptors (Lipinski definition) is 3. The van der Waals surface area contributed by atoms with Gasteiger partial charge in [0.2, 0.25) is 0 Å². The number of hydrogen-bond donors (Lipinski definition) is 1. The van der Waals surface area contributed by atoms with E-state index in [4.69, 9.17) is 4.74 Å². The van der Waals surface area contributed by atoms with E-state index in [1.165, 1.54) is 6.07 Å². The zero-order valence-electron chi connectivity index (χ0n) is 17.2. The summed E-state index contributed by atoms with van der Waals surface area (Å²) in [4.78, 5) is 12.9. The van der Waals surface area contributed by atoms with E-state index >= 15 is 0 Å². The summed E-state index contributed by atoms with van der Waals surface area (Å²) in [6.45, 7) is 5.47. The van der Waals surface area contributed by atoms with Gasteiger partial charge in [-0.3, -0.25) is 4.79 Å². The Bertz CT molecular complexity index is 878. The quantitative estimate of drug-likeness (QED) is 0.795. The Morgan fingerprint density at radius 3 is 2.41 bits per heavy atom. The van der Waals surface area contributed by atoms with E-state index in [1.807, 2.05) is 32.0 Å². The normalized spacial score (nSPS) is 25.5. The first-order chi connectivity index (χ1) is 14.0. The highest BCUT2D eigenvalue weighted by Gasteiger charge is 2.44. The van der Waals surface area contributed by atoms with Crippen molar-refractivity contribution in [2.45, 2.75) is 51.6 Å². The Balaban J connectivity index is 1.60. The molecular weight excluding hydrogens is 367 g/mol. The fraction of sp³-hybridized carbons (Fsp3) is 0.480. The van der Waals surface area contributed by atoms with Crippen LogP contribution in [0.15, 0.2) is 36.4 Å². The summed E-state index contributed by atoms with van der Waals surface area (Å²) < 4.78 is 19.7. The largest absolute Gasteiger partial charge is 0.392 e. The molecule has 154 valence electrons. The number of carbonyl (C=O) groups excluding carboxylic acids is 1. The van der Waals surface area contributed by atoms with E-state index in [2.05, 4.69) is 0 Å². The van der Waals surface area contributed by atoms with Crippen molar-refractivity contribution in [2.75, 3.05) is 13.2 Å². The number of aliphatic hydroxyl groups excluding tert-OH is 1. The molecule has 0 amide bonds. The molecule has 1 heterocycles. The van der Waals surface area contributed by atoms with Crippen molar-refractivity contribution in [1.82, 2.24) is 0 Å². The third-order valence-corrected chi connectivity index (χ3v) is 6.70. The molecule has 2 aromatic carbocycles. The second-order valence-corrected chi connectivity index (χ2v) is 8.69. The number of aliphatic hydroxyl groups is 1. The van der Waals surface area contributed by atoms with Crippen LogP contribution in [0.5, 0.6) is 0 Å². The van der Waals surface area contributed by atoms with Gasteiger partial charge in [-0.15, -0.1) is 0 Å². The van der Waals surface area contributed by atoms with Gasteiger partial charge in [-0.05, 0) is 73.3 Å². The predicted molar refractivity (Wildman–Crippen MR) is 111 cm³/mol. The van der Waals surface area contributed by atoms with E-state index in [0.717, 1.165) is 54.7 Å². The van der Waals surface area contributed by atoms with Crippen LogP contribution in [0.2, 0.25) is 0 Å². The molecule has 3 unspecified atom stereocenters. The molecule has 0 bridgehead atoms.